The molecule has 0 radical (unpaired) electrons. The summed E-state index contributed by atoms with van der Waals surface area (Å²) in [5.41, 5.74) is 8.71. The molecule has 5 nitrogen and oxygen atoms in total. The van der Waals surface area contributed by atoms with Crippen molar-refractivity contribution in [2.45, 2.75) is 31.3 Å². The quantitative estimate of drug-likeness (QED) is 0.925. The summed E-state index contributed by atoms with van der Waals surface area (Å²) in [5, 5.41) is 0. The highest BCUT2D eigenvalue weighted by Crippen LogP contribution is 2.32. The van der Waals surface area contributed by atoms with Gasteiger partial charge >= 0.3 is 0 Å². The Morgan fingerprint density at radius 1 is 1.43 bits per heavy atom. The minimum Gasteiger partial charge on any atom is -0.385 e. The molecule has 3 aliphatic rings. The van der Waals surface area contributed by atoms with Crippen LogP contribution in [0.3, 0.4) is 0 Å². The maximum Gasteiger partial charge on any atom is 0.129 e. The molecule has 120 valence electrons. The van der Waals surface area contributed by atoms with Crippen molar-refractivity contribution in [1.82, 2.24) is 14.8 Å². The number of aryl methyl sites for hydroxylation is 1. The molecule has 0 saturated heterocycles. The smallest absolute Gasteiger partial charge is 0.129 e. The van der Waals surface area contributed by atoms with E-state index in [2.05, 4.69) is 27.9 Å². The van der Waals surface area contributed by atoms with Crippen LogP contribution in [-0.2, 0) is 6.42 Å². The molecule has 1 aromatic rings. The number of rotatable bonds is 3. The number of aromatic nitrogens is 1. The topological polar surface area (TPSA) is 57.8 Å². The van der Waals surface area contributed by atoms with E-state index in [-0.39, 0.29) is 6.04 Å². The number of nitrogens with zero attached hydrogens (tertiary/aromatic N) is 4. The summed E-state index contributed by atoms with van der Waals surface area (Å²) in [6, 6.07) is 4.93. The summed E-state index contributed by atoms with van der Waals surface area (Å²) in [5.74, 6) is 1.78. The van der Waals surface area contributed by atoms with E-state index in [0.29, 0.717) is 6.04 Å². The minimum absolute atomic E-state index is 0.263. The second-order valence-electron chi connectivity index (χ2n) is 6.60. The van der Waals surface area contributed by atoms with Crippen LogP contribution < -0.4 is 5.73 Å². The van der Waals surface area contributed by atoms with E-state index in [0.717, 1.165) is 31.2 Å². The lowest BCUT2D eigenvalue weighted by Crippen LogP contribution is -2.38. The third-order valence-corrected chi connectivity index (χ3v) is 5.00. The monoisotopic (exact) mass is 309 g/mol. The lowest BCUT2D eigenvalue weighted by molar-refractivity contribution is 0.203. The van der Waals surface area contributed by atoms with Gasteiger partial charge < -0.3 is 10.6 Å². The van der Waals surface area contributed by atoms with Crippen LogP contribution in [0.4, 0.5) is 0 Å². The van der Waals surface area contributed by atoms with E-state index in [1.165, 1.54) is 24.1 Å². The number of aliphatic imine (C=N–C) groups is 1. The molecule has 4 rings (SSSR count). The summed E-state index contributed by atoms with van der Waals surface area (Å²) in [6.45, 7) is 1.80. The molecule has 0 amide bonds. The lowest BCUT2D eigenvalue weighted by Gasteiger charge is -2.33. The number of hydrogen-bond acceptors (Lipinski definition) is 5. The molecule has 23 heavy (non-hydrogen) atoms. The van der Waals surface area contributed by atoms with Gasteiger partial charge in [0.1, 0.15) is 11.7 Å². The van der Waals surface area contributed by atoms with Gasteiger partial charge in [-0.15, -0.1) is 0 Å². The number of nitrogens with two attached hydrogens (primary N) is 1. The van der Waals surface area contributed by atoms with Gasteiger partial charge in [-0.05, 0) is 50.1 Å². The maximum atomic E-state index is 6.05. The summed E-state index contributed by atoms with van der Waals surface area (Å²) >= 11 is 0. The van der Waals surface area contributed by atoms with E-state index in [4.69, 9.17) is 10.7 Å². The molecular formula is C18H23N5. The number of allylic oxidation sites excluding steroid dienone is 2. The Balaban J connectivity index is 1.48. The van der Waals surface area contributed by atoms with E-state index >= 15 is 0 Å². The summed E-state index contributed by atoms with van der Waals surface area (Å²) < 4.78 is 0. The molecule has 5 heteroatoms. The van der Waals surface area contributed by atoms with Crippen LogP contribution >= 0.6 is 0 Å². The van der Waals surface area contributed by atoms with Crippen LogP contribution in [0.2, 0.25) is 0 Å². The average molecular weight is 309 g/mol. The third kappa shape index (κ3) is 2.65. The van der Waals surface area contributed by atoms with Gasteiger partial charge in [0.25, 0.3) is 0 Å². The Labute approximate surface area is 137 Å². The van der Waals surface area contributed by atoms with E-state index in [1.807, 2.05) is 30.5 Å². The predicted molar refractivity (Wildman–Crippen MR) is 91.9 cm³/mol. The normalized spacial score (nSPS) is 25.9. The second-order valence-corrected chi connectivity index (χ2v) is 6.60. The fourth-order valence-electron chi connectivity index (χ4n) is 3.87. The molecule has 0 spiro atoms. The van der Waals surface area contributed by atoms with Gasteiger partial charge in [-0.3, -0.25) is 14.9 Å². The molecule has 3 heterocycles. The number of likely N-dealkylation sites (N-methyl/N-ethyl adjacent to an activating group) is 1. The summed E-state index contributed by atoms with van der Waals surface area (Å²) in [4.78, 5) is 14.0. The molecule has 0 saturated carbocycles. The zero-order valence-corrected chi connectivity index (χ0v) is 13.5. The highest BCUT2D eigenvalue weighted by Gasteiger charge is 2.30. The van der Waals surface area contributed by atoms with Crippen molar-refractivity contribution < 1.29 is 0 Å². The van der Waals surface area contributed by atoms with Crippen molar-refractivity contribution in [3.63, 3.8) is 0 Å². The standard InChI is InChI=1S/C18H23N5/c1-22(15-7-2-5-13-6-4-10-20-18(13)15)11-14-12-23-16(19)8-3-9-17(23)21-14/h3-4,6,8-10,14-15H,2,5,7,11-12,19H2,1H3. The third-order valence-electron chi connectivity index (χ3n) is 5.00. The molecule has 1 aromatic heterocycles. The zero-order valence-electron chi connectivity index (χ0n) is 13.5. The number of pyridine rings is 1. The van der Waals surface area contributed by atoms with Gasteiger partial charge in [-0.2, -0.15) is 0 Å². The fourth-order valence-corrected chi connectivity index (χ4v) is 3.87. The molecule has 0 aromatic carbocycles. The Morgan fingerprint density at radius 3 is 3.22 bits per heavy atom. The van der Waals surface area contributed by atoms with Crippen LogP contribution in [0.15, 0.2) is 47.4 Å². The fraction of sp³-hybridized carbons (Fsp3) is 0.444. The van der Waals surface area contributed by atoms with Gasteiger partial charge in [0.05, 0.1) is 17.8 Å². The molecule has 1 aliphatic carbocycles. The zero-order chi connectivity index (χ0) is 15.8. The van der Waals surface area contributed by atoms with Crippen LogP contribution in [-0.4, -0.2) is 46.8 Å². The number of amidine groups is 1. The van der Waals surface area contributed by atoms with Gasteiger partial charge in [0, 0.05) is 19.3 Å². The highest BCUT2D eigenvalue weighted by molar-refractivity contribution is 5.96. The largest absolute Gasteiger partial charge is 0.385 e. The van der Waals surface area contributed by atoms with Crippen LogP contribution in [0.1, 0.15) is 30.1 Å². The summed E-state index contributed by atoms with van der Waals surface area (Å²) in [6.07, 6.45) is 11.4. The van der Waals surface area contributed by atoms with Crippen molar-refractivity contribution in [3.8, 4) is 0 Å². The van der Waals surface area contributed by atoms with Crippen LogP contribution in [0.5, 0.6) is 0 Å². The van der Waals surface area contributed by atoms with Gasteiger partial charge in [0.2, 0.25) is 0 Å². The first-order valence-corrected chi connectivity index (χ1v) is 8.35. The number of fused-ring (bicyclic) bond motifs is 2. The van der Waals surface area contributed by atoms with Crippen molar-refractivity contribution in [2.75, 3.05) is 20.1 Å². The molecule has 2 atom stereocenters. The SMILES string of the molecule is CN(CC1CN2C(N)=CC=CC2=N1)C1CCCc2cccnc21. The molecule has 0 bridgehead atoms. The van der Waals surface area contributed by atoms with E-state index in [9.17, 15) is 0 Å². The molecule has 2 N–H and O–H groups in total. The first kappa shape index (κ1) is 14.5. The molecule has 0 fully saturated rings. The Kier molecular flexibility index (Phi) is 3.65. The minimum atomic E-state index is 0.263. The second kappa shape index (κ2) is 5.81. The van der Waals surface area contributed by atoms with Crippen molar-refractivity contribution in [3.05, 3.63) is 53.6 Å². The lowest BCUT2D eigenvalue weighted by atomic mass is 9.91. The van der Waals surface area contributed by atoms with Crippen molar-refractivity contribution in [1.29, 1.82) is 0 Å². The average Bonchev–Trinajstić information content (AvgIpc) is 2.98. The summed E-state index contributed by atoms with van der Waals surface area (Å²) in [7, 11) is 2.20. The van der Waals surface area contributed by atoms with E-state index in [1.54, 1.807) is 0 Å². The van der Waals surface area contributed by atoms with Crippen molar-refractivity contribution >= 4 is 5.84 Å². The van der Waals surface area contributed by atoms with Crippen LogP contribution in [0.25, 0.3) is 0 Å². The highest BCUT2D eigenvalue weighted by atomic mass is 15.3. The van der Waals surface area contributed by atoms with Gasteiger partial charge in [0.15, 0.2) is 0 Å². The molecular weight excluding hydrogens is 286 g/mol. The van der Waals surface area contributed by atoms with Gasteiger partial charge in [-0.1, -0.05) is 12.1 Å². The Bertz CT molecular complexity index is 690. The molecule has 2 unspecified atom stereocenters. The Morgan fingerprint density at radius 2 is 2.35 bits per heavy atom. The predicted octanol–water partition coefficient (Wildman–Crippen LogP) is 1.84. The first-order chi connectivity index (χ1) is 11.2. The number of hydrogen-bond donors (Lipinski definition) is 1. The maximum absolute atomic E-state index is 6.05. The van der Waals surface area contributed by atoms with Crippen molar-refractivity contribution in [2.24, 2.45) is 10.7 Å². The van der Waals surface area contributed by atoms with E-state index < -0.39 is 0 Å². The van der Waals surface area contributed by atoms with Crippen LogP contribution in [0, 0.1) is 0 Å². The molecule has 2 aliphatic heterocycles. The Hall–Kier alpha value is -2.14. The first-order valence-electron chi connectivity index (χ1n) is 8.35. The van der Waals surface area contributed by atoms with Gasteiger partial charge in [-0.25, -0.2) is 0 Å².